The van der Waals surface area contributed by atoms with E-state index < -0.39 is 0 Å². The van der Waals surface area contributed by atoms with Crippen LogP contribution >= 0.6 is 0 Å². The molecule has 0 aliphatic rings. The minimum atomic E-state index is -0.222. The Morgan fingerprint density at radius 3 is 2.53 bits per heavy atom. The van der Waals surface area contributed by atoms with Crippen molar-refractivity contribution in [2.75, 3.05) is 7.05 Å². The van der Waals surface area contributed by atoms with Crippen LogP contribution in [0.1, 0.15) is 40.6 Å². The van der Waals surface area contributed by atoms with Gasteiger partial charge in [-0.2, -0.15) is 0 Å². The Kier molecular flexibility index (Phi) is 5.41. The number of hydrogen-bond donors (Lipinski definition) is 1. The molecule has 0 saturated carbocycles. The van der Waals surface area contributed by atoms with Crippen molar-refractivity contribution in [2.45, 2.75) is 26.8 Å². The largest absolute Gasteiger partial charge is 0.361 e. The zero-order chi connectivity index (χ0) is 23.8. The molecular weight excluding hydrogens is 428 g/mol. The lowest BCUT2D eigenvalue weighted by atomic mass is 10.0. The highest BCUT2D eigenvalue weighted by Crippen LogP contribution is 2.36. The number of amides is 1. The maximum atomic E-state index is 11.9. The van der Waals surface area contributed by atoms with E-state index >= 15 is 0 Å². The van der Waals surface area contributed by atoms with Gasteiger partial charge in [-0.15, -0.1) is 0 Å². The van der Waals surface area contributed by atoms with E-state index in [9.17, 15) is 4.79 Å². The molecule has 0 fully saturated rings. The van der Waals surface area contributed by atoms with Crippen LogP contribution in [0, 0.1) is 13.8 Å². The van der Waals surface area contributed by atoms with E-state index in [0.29, 0.717) is 5.69 Å². The van der Waals surface area contributed by atoms with E-state index in [1.54, 1.807) is 25.5 Å². The third-order valence-corrected chi connectivity index (χ3v) is 6.06. The fourth-order valence-electron chi connectivity index (χ4n) is 4.27. The summed E-state index contributed by atoms with van der Waals surface area (Å²) in [7, 11) is 1.59. The van der Waals surface area contributed by atoms with Crippen LogP contribution < -0.4 is 5.32 Å². The second-order valence-electron chi connectivity index (χ2n) is 8.18. The molecule has 34 heavy (non-hydrogen) atoms. The molecule has 5 rings (SSSR count). The van der Waals surface area contributed by atoms with Crippen LogP contribution in [0.15, 0.2) is 65.7 Å². The molecule has 5 heterocycles. The number of hydrogen-bond acceptors (Lipinski definition) is 6. The Bertz CT molecular complexity index is 1470. The number of nitrogens with one attached hydrogen (secondary N) is 1. The first-order valence-corrected chi connectivity index (χ1v) is 11.0. The van der Waals surface area contributed by atoms with Crippen molar-refractivity contribution in [3.8, 4) is 22.3 Å². The summed E-state index contributed by atoms with van der Waals surface area (Å²) in [6.45, 7) is 5.94. The average Bonchev–Trinajstić information content (AvgIpc) is 3.42. The topological polar surface area (TPSA) is 98.7 Å². The number of rotatable bonds is 5. The Balaban J connectivity index is 1.70. The van der Waals surface area contributed by atoms with Crippen molar-refractivity contribution in [2.24, 2.45) is 0 Å². The maximum Gasteiger partial charge on any atom is 0.269 e. The number of pyridine rings is 3. The normalized spacial score (nSPS) is 12.1. The van der Waals surface area contributed by atoms with Gasteiger partial charge in [0.1, 0.15) is 11.5 Å². The zero-order valence-electron chi connectivity index (χ0n) is 19.4. The Labute approximate surface area is 196 Å². The lowest BCUT2D eigenvalue weighted by molar-refractivity contribution is 0.0958. The minimum absolute atomic E-state index is 0.0303. The SMILES string of the molecule is CNC(=O)c1ccc(-c2cn([C@@H](C)c3ccccn3)c3cc(-c4c(C)noc4C)cnc23)cn1. The van der Waals surface area contributed by atoms with Gasteiger partial charge in [0, 0.05) is 54.1 Å². The van der Waals surface area contributed by atoms with Crippen LogP contribution in [0.5, 0.6) is 0 Å². The van der Waals surface area contributed by atoms with Gasteiger partial charge >= 0.3 is 0 Å². The second-order valence-corrected chi connectivity index (χ2v) is 8.18. The summed E-state index contributed by atoms with van der Waals surface area (Å²) in [5, 5.41) is 6.70. The van der Waals surface area contributed by atoms with Crippen molar-refractivity contribution >= 4 is 16.9 Å². The number of carbonyl (C=O) groups excluding carboxylic acids is 1. The summed E-state index contributed by atoms with van der Waals surface area (Å²) in [6, 6.07) is 11.6. The Morgan fingerprint density at radius 1 is 1.06 bits per heavy atom. The lowest BCUT2D eigenvalue weighted by Crippen LogP contribution is -2.18. The standard InChI is InChI=1S/C26H24N6O2/c1-15-24(17(3)34-31-15)19-11-23-25(30-13-19)20(18-8-9-22(29-12-18)26(33)27-4)14-32(23)16(2)21-7-5-6-10-28-21/h5-14,16H,1-4H3,(H,27,33)/t16-/m0/s1. The molecule has 1 amide bonds. The molecule has 5 aromatic heterocycles. The molecule has 0 spiro atoms. The lowest BCUT2D eigenvalue weighted by Gasteiger charge is -2.15. The van der Waals surface area contributed by atoms with Crippen molar-refractivity contribution in [3.63, 3.8) is 0 Å². The summed E-state index contributed by atoms with van der Waals surface area (Å²) in [4.78, 5) is 25.7. The van der Waals surface area contributed by atoms with Crippen LogP contribution in [-0.2, 0) is 0 Å². The first-order valence-electron chi connectivity index (χ1n) is 11.0. The van der Waals surface area contributed by atoms with Crippen molar-refractivity contribution in [1.82, 2.24) is 30.0 Å². The van der Waals surface area contributed by atoms with E-state index in [1.165, 1.54) is 0 Å². The highest BCUT2D eigenvalue weighted by atomic mass is 16.5. The highest BCUT2D eigenvalue weighted by Gasteiger charge is 2.20. The summed E-state index contributed by atoms with van der Waals surface area (Å²) >= 11 is 0. The zero-order valence-corrected chi connectivity index (χ0v) is 19.4. The molecule has 0 radical (unpaired) electrons. The van der Waals surface area contributed by atoms with Crippen molar-refractivity contribution in [1.29, 1.82) is 0 Å². The number of nitrogens with zero attached hydrogens (tertiary/aromatic N) is 5. The molecule has 0 aliphatic heterocycles. The fourth-order valence-corrected chi connectivity index (χ4v) is 4.27. The van der Waals surface area contributed by atoms with Gasteiger partial charge < -0.3 is 14.4 Å². The second kappa shape index (κ2) is 8.55. The van der Waals surface area contributed by atoms with E-state index in [4.69, 9.17) is 9.51 Å². The minimum Gasteiger partial charge on any atom is -0.361 e. The van der Waals surface area contributed by atoms with Crippen LogP contribution in [0.2, 0.25) is 0 Å². The number of aryl methyl sites for hydroxylation is 2. The van der Waals surface area contributed by atoms with Crippen molar-refractivity contribution in [3.05, 3.63) is 84.0 Å². The van der Waals surface area contributed by atoms with Gasteiger partial charge in [0.05, 0.1) is 28.5 Å². The Hall–Kier alpha value is -4.33. The van der Waals surface area contributed by atoms with E-state index in [2.05, 4.69) is 44.2 Å². The predicted molar refractivity (Wildman–Crippen MR) is 129 cm³/mol. The highest BCUT2D eigenvalue weighted by molar-refractivity contribution is 5.96. The third-order valence-electron chi connectivity index (χ3n) is 6.06. The molecule has 0 aromatic carbocycles. The molecule has 1 atom stereocenters. The summed E-state index contributed by atoms with van der Waals surface area (Å²) in [5.74, 6) is 0.531. The summed E-state index contributed by atoms with van der Waals surface area (Å²) in [6.07, 6.45) is 7.43. The molecule has 8 nitrogen and oxygen atoms in total. The fraction of sp³-hybridized carbons (Fsp3) is 0.192. The smallest absolute Gasteiger partial charge is 0.269 e. The molecule has 8 heteroatoms. The number of carbonyl (C=O) groups is 1. The van der Waals surface area contributed by atoms with Gasteiger partial charge in [0.15, 0.2) is 0 Å². The molecule has 170 valence electrons. The van der Waals surface area contributed by atoms with Gasteiger partial charge in [0.2, 0.25) is 0 Å². The van der Waals surface area contributed by atoms with E-state index in [1.807, 2.05) is 44.3 Å². The summed E-state index contributed by atoms with van der Waals surface area (Å²) in [5.41, 5.74) is 7.63. The molecule has 0 unspecified atom stereocenters. The number of fused-ring (bicyclic) bond motifs is 1. The van der Waals surface area contributed by atoms with Crippen LogP contribution in [0.25, 0.3) is 33.3 Å². The third kappa shape index (κ3) is 3.63. The van der Waals surface area contributed by atoms with Crippen LogP contribution in [-0.4, -0.2) is 37.6 Å². The number of aromatic nitrogens is 5. The predicted octanol–water partition coefficient (Wildman–Crippen LogP) is 4.73. The Morgan fingerprint density at radius 2 is 1.88 bits per heavy atom. The van der Waals surface area contributed by atoms with E-state index in [0.717, 1.165) is 50.4 Å². The molecular formula is C26H24N6O2. The molecule has 0 aliphatic carbocycles. The average molecular weight is 453 g/mol. The van der Waals surface area contributed by atoms with Gasteiger partial charge in [-0.05, 0) is 45.0 Å². The molecule has 0 saturated heterocycles. The summed E-state index contributed by atoms with van der Waals surface area (Å²) < 4.78 is 7.56. The molecule has 5 aromatic rings. The van der Waals surface area contributed by atoms with Crippen LogP contribution in [0.4, 0.5) is 0 Å². The molecule has 0 bridgehead atoms. The van der Waals surface area contributed by atoms with Crippen LogP contribution in [0.3, 0.4) is 0 Å². The van der Waals surface area contributed by atoms with Gasteiger partial charge in [0.25, 0.3) is 5.91 Å². The maximum absolute atomic E-state index is 11.9. The first-order chi connectivity index (χ1) is 16.5. The monoisotopic (exact) mass is 452 g/mol. The van der Waals surface area contributed by atoms with Crippen molar-refractivity contribution < 1.29 is 9.32 Å². The van der Waals surface area contributed by atoms with Gasteiger partial charge in [-0.1, -0.05) is 17.3 Å². The van der Waals surface area contributed by atoms with E-state index in [-0.39, 0.29) is 11.9 Å². The molecule has 1 N–H and O–H groups in total. The first kappa shape index (κ1) is 21.5. The van der Waals surface area contributed by atoms with Gasteiger partial charge in [-0.3, -0.25) is 19.7 Å². The van der Waals surface area contributed by atoms with Gasteiger partial charge in [-0.25, -0.2) is 0 Å². The quantitative estimate of drug-likeness (QED) is 0.414.